The number of nitrogens with zero attached hydrogens (tertiary/aromatic N) is 4. The van der Waals surface area contributed by atoms with E-state index in [4.69, 9.17) is 21.1 Å². The average Bonchev–Trinajstić information content (AvgIpc) is 2.86. The van der Waals surface area contributed by atoms with Gasteiger partial charge in [-0.15, -0.1) is 0 Å². The molecule has 9 nitrogen and oxygen atoms in total. The highest BCUT2D eigenvalue weighted by Gasteiger charge is 2.20. The smallest absolute Gasteiger partial charge is 0.270 e. The van der Waals surface area contributed by atoms with Crippen molar-refractivity contribution in [1.29, 1.82) is 0 Å². The number of aromatic nitrogens is 3. The third-order valence-corrected chi connectivity index (χ3v) is 5.45. The Morgan fingerprint density at radius 1 is 1.21 bits per heavy atom. The zero-order valence-corrected chi connectivity index (χ0v) is 19.5. The molecule has 4 rings (SSSR count). The number of ether oxygens (including phenoxy) is 2. The Labute approximate surface area is 201 Å². The molecule has 1 fully saturated rings. The molecule has 0 aliphatic carbocycles. The number of halogens is 2. The highest BCUT2D eigenvalue weighted by atomic mass is 35.5. The van der Waals surface area contributed by atoms with Gasteiger partial charge in [0.1, 0.15) is 23.1 Å². The maximum Gasteiger partial charge on any atom is 0.270 e. The molecule has 1 aliphatic heterocycles. The van der Waals surface area contributed by atoms with E-state index >= 15 is 0 Å². The summed E-state index contributed by atoms with van der Waals surface area (Å²) in [6.07, 6.45) is 1.48. The molecule has 11 heteroatoms. The topological polar surface area (TPSA) is 102 Å². The van der Waals surface area contributed by atoms with E-state index in [0.717, 1.165) is 0 Å². The largest absolute Gasteiger partial charge is 0.495 e. The molecular formula is C23H24ClFN6O3. The van der Waals surface area contributed by atoms with Crippen LogP contribution in [-0.2, 0) is 4.74 Å². The first-order valence-corrected chi connectivity index (χ1v) is 11.1. The van der Waals surface area contributed by atoms with Crippen LogP contribution in [0.2, 0.25) is 5.02 Å². The molecule has 34 heavy (non-hydrogen) atoms. The molecule has 3 aromatic rings. The molecular weight excluding hydrogens is 463 g/mol. The molecule has 2 N–H and O–H groups in total. The zero-order valence-electron chi connectivity index (χ0n) is 18.7. The van der Waals surface area contributed by atoms with Crippen molar-refractivity contribution >= 4 is 35.0 Å². The minimum absolute atomic E-state index is 0.223. The summed E-state index contributed by atoms with van der Waals surface area (Å²) in [7, 11) is 1.53. The lowest BCUT2D eigenvalue weighted by Gasteiger charge is -2.28. The summed E-state index contributed by atoms with van der Waals surface area (Å²) in [6.45, 7) is 4.15. The van der Waals surface area contributed by atoms with Crippen molar-refractivity contribution in [2.24, 2.45) is 0 Å². The number of nitrogens with one attached hydrogen (secondary N) is 2. The molecule has 1 aliphatic rings. The Bertz CT molecular complexity index is 1160. The number of morpholine rings is 1. The van der Waals surface area contributed by atoms with Gasteiger partial charge in [-0.25, -0.2) is 14.4 Å². The van der Waals surface area contributed by atoms with Gasteiger partial charge in [-0.05, 0) is 37.3 Å². The van der Waals surface area contributed by atoms with Crippen LogP contribution in [0.1, 0.15) is 29.1 Å². The van der Waals surface area contributed by atoms with E-state index in [0.29, 0.717) is 54.5 Å². The van der Waals surface area contributed by atoms with Gasteiger partial charge >= 0.3 is 0 Å². The third kappa shape index (κ3) is 5.70. The van der Waals surface area contributed by atoms with Crippen LogP contribution in [0.5, 0.6) is 5.75 Å². The van der Waals surface area contributed by atoms with Gasteiger partial charge in [-0.3, -0.25) is 4.79 Å². The SMILES string of the molecule is COc1ccc(C(=O)N[C@@H](C)c2cc(Nc3ccc(Cl)cc3F)nc(N3CCOCC3)n2)nc1. The predicted octanol–water partition coefficient (Wildman–Crippen LogP) is 3.74. The Hall–Kier alpha value is -3.50. The van der Waals surface area contributed by atoms with Crippen molar-refractivity contribution in [3.8, 4) is 5.75 Å². The van der Waals surface area contributed by atoms with Crippen LogP contribution in [0.15, 0.2) is 42.6 Å². The second-order valence-corrected chi connectivity index (χ2v) is 8.04. The number of hydrogen-bond acceptors (Lipinski definition) is 8. The van der Waals surface area contributed by atoms with E-state index in [1.807, 2.05) is 4.90 Å². The van der Waals surface area contributed by atoms with Gasteiger partial charge in [-0.1, -0.05) is 11.6 Å². The lowest BCUT2D eigenvalue weighted by Crippen LogP contribution is -2.38. The number of rotatable bonds is 7. The molecule has 1 amide bonds. The summed E-state index contributed by atoms with van der Waals surface area (Å²) >= 11 is 5.87. The Morgan fingerprint density at radius 3 is 2.68 bits per heavy atom. The van der Waals surface area contributed by atoms with Crippen molar-refractivity contribution in [2.75, 3.05) is 43.6 Å². The fraction of sp³-hybridized carbons (Fsp3) is 0.304. The fourth-order valence-corrected chi connectivity index (χ4v) is 3.51. The van der Waals surface area contributed by atoms with Crippen molar-refractivity contribution in [1.82, 2.24) is 20.3 Å². The number of anilines is 3. The Morgan fingerprint density at radius 2 is 2.00 bits per heavy atom. The van der Waals surface area contributed by atoms with Crippen LogP contribution in [-0.4, -0.2) is 54.3 Å². The summed E-state index contributed by atoms with van der Waals surface area (Å²) in [4.78, 5) is 28.0. The maximum absolute atomic E-state index is 14.4. The summed E-state index contributed by atoms with van der Waals surface area (Å²) in [6, 6.07) is 8.78. The van der Waals surface area contributed by atoms with Gasteiger partial charge in [0.05, 0.1) is 43.9 Å². The fourth-order valence-electron chi connectivity index (χ4n) is 3.35. The Balaban J connectivity index is 1.60. The second-order valence-electron chi connectivity index (χ2n) is 7.61. The minimum atomic E-state index is -0.507. The monoisotopic (exact) mass is 486 g/mol. The first-order chi connectivity index (χ1) is 16.4. The third-order valence-electron chi connectivity index (χ3n) is 5.22. The second kappa shape index (κ2) is 10.6. The van der Waals surface area contributed by atoms with Crippen molar-refractivity contribution in [3.63, 3.8) is 0 Å². The predicted molar refractivity (Wildman–Crippen MR) is 126 cm³/mol. The van der Waals surface area contributed by atoms with Gasteiger partial charge in [0.15, 0.2) is 0 Å². The van der Waals surface area contributed by atoms with Crippen LogP contribution < -0.4 is 20.3 Å². The molecule has 3 heterocycles. The molecule has 178 valence electrons. The quantitative estimate of drug-likeness (QED) is 0.520. The summed E-state index contributed by atoms with van der Waals surface area (Å²) in [5, 5.41) is 6.18. The number of benzene rings is 1. The minimum Gasteiger partial charge on any atom is -0.495 e. The average molecular weight is 487 g/mol. The highest BCUT2D eigenvalue weighted by Crippen LogP contribution is 2.25. The van der Waals surface area contributed by atoms with Crippen LogP contribution in [0, 0.1) is 5.82 Å². The first-order valence-electron chi connectivity index (χ1n) is 10.7. The van der Waals surface area contributed by atoms with E-state index in [-0.39, 0.29) is 17.3 Å². The van der Waals surface area contributed by atoms with E-state index in [2.05, 4.69) is 25.6 Å². The number of carbonyl (C=O) groups is 1. The van der Waals surface area contributed by atoms with Gasteiger partial charge in [0, 0.05) is 24.2 Å². The Kier molecular flexibility index (Phi) is 7.39. The molecule has 1 aromatic carbocycles. The number of carbonyl (C=O) groups excluding carboxylic acids is 1. The van der Waals surface area contributed by atoms with Gasteiger partial charge in [0.2, 0.25) is 5.95 Å². The van der Waals surface area contributed by atoms with Crippen molar-refractivity contribution in [2.45, 2.75) is 13.0 Å². The van der Waals surface area contributed by atoms with Crippen LogP contribution >= 0.6 is 11.6 Å². The molecule has 0 radical (unpaired) electrons. The maximum atomic E-state index is 14.4. The van der Waals surface area contributed by atoms with Gasteiger partial charge in [0.25, 0.3) is 5.91 Å². The molecule has 1 atom stereocenters. The van der Waals surface area contributed by atoms with Crippen molar-refractivity contribution < 1.29 is 18.7 Å². The molecule has 2 aromatic heterocycles. The van der Waals surface area contributed by atoms with E-state index < -0.39 is 11.9 Å². The zero-order chi connectivity index (χ0) is 24.1. The van der Waals surface area contributed by atoms with Gasteiger partial charge in [-0.2, -0.15) is 4.98 Å². The number of amides is 1. The van der Waals surface area contributed by atoms with Crippen LogP contribution in [0.25, 0.3) is 0 Å². The van der Waals surface area contributed by atoms with Crippen LogP contribution in [0.4, 0.5) is 21.8 Å². The number of methoxy groups -OCH3 is 1. The van der Waals surface area contributed by atoms with E-state index in [9.17, 15) is 9.18 Å². The summed E-state index contributed by atoms with van der Waals surface area (Å²) in [5.74, 6) is 0.533. The summed E-state index contributed by atoms with van der Waals surface area (Å²) in [5.41, 5.74) is 1.02. The summed E-state index contributed by atoms with van der Waals surface area (Å²) < 4.78 is 24.9. The lowest BCUT2D eigenvalue weighted by atomic mass is 10.2. The molecule has 0 saturated carbocycles. The molecule has 1 saturated heterocycles. The van der Waals surface area contributed by atoms with E-state index in [1.165, 1.54) is 25.4 Å². The molecule has 0 unspecified atom stereocenters. The highest BCUT2D eigenvalue weighted by molar-refractivity contribution is 6.30. The molecule has 0 spiro atoms. The lowest BCUT2D eigenvalue weighted by molar-refractivity contribution is 0.0934. The normalized spacial score (nSPS) is 14.4. The first kappa shape index (κ1) is 23.7. The van der Waals surface area contributed by atoms with Gasteiger partial charge < -0.3 is 25.0 Å². The van der Waals surface area contributed by atoms with Crippen molar-refractivity contribution in [3.05, 3.63) is 64.8 Å². The number of hydrogen-bond donors (Lipinski definition) is 2. The standard InChI is InChI=1S/C23H24ClFN6O3/c1-14(27-22(32)19-6-4-16(33-2)13-26-19)20-12-21(28-18-5-3-15(24)11-17(18)25)30-23(29-20)31-7-9-34-10-8-31/h3-6,11-14H,7-10H2,1-2H3,(H,27,32)(H,28,29,30)/t14-/m0/s1. The van der Waals surface area contributed by atoms with E-state index in [1.54, 1.807) is 31.2 Å². The molecule has 0 bridgehead atoms. The number of pyridine rings is 1. The van der Waals surface area contributed by atoms with Crippen LogP contribution in [0.3, 0.4) is 0 Å².